The second-order valence-corrected chi connectivity index (χ2v) is 5.72. The topological polar surface area (TPSA) is 63.6 Å². The Morgan fingerprint density at radius 2 is 1.90 bits per heavy atom. The molecule has 0 aromatic heterocycles. The Balaban J connectivity index is 0.00000200. The van der Waals surface area contributed by atoms with Gasteiger partial charge in [0.1, 0.15) is 10.6 Å². The van der Waals surface area contributed by atoms with E-state index in [0.717, 1.165) is 24.0 Å². The average Bonchev–Trinajstić information content (AvgIpc) is 2.57. The Kier molecular flexibility index (Phi) is 6.04. The number of hydrogen-bond donors (Lipinski definition) is 1. The van der Waals surface area contributed by atoms with E-state index >= 15 is 0 Å². The molecule has 20 heavy (non-hydrogen) atoms. The van der Waals surface area contributed by atoms with E-state index in [-0.39, 0.29) is 34.5 Å². The first-order chi connectivity index (χ1) is 8.99. The van der Waals surface area contributed by atoms with Crippen LogP contribution >= 0.6 is 0 Å². The first-order valence-electron chi connectivity index (χ1n) is 6.05. The predicted molar refractivity (Wildman–Crippen MR) is 80.6 cm³/mol. The van der Waals surface area contributed by atoms with Crippen molar-refractivity contribution in [3.05, 3.63) is 35.9 Å². The molecule has 2 aliphatic carbocycles. The van der Waals surface area contributed by atoms with E-state index in [2.05, 4.69) is 0 Å². The summed E-state index contributed by atoms with van der Waals surface area (Å²) in [5.74, 6) is 0.610. The molecule has 0 atom stereocenters. The maximum absolute atomic E-state index is 11.5. The average molecular weight is 304 g/mol. The SMILES string of the molecule is CCCc1cc(S(=O)(=O)O)c2ccccc(OC)c1-2.[NaH]. The molecule has 1 N–H and O–H groups in total. The number of ether oxygens (including phenoxy) is 1. The molecule has 0 aliphatic heterocycles. The second kappa shape index (κ2) is 6.91. The number of hydrogen-bond acceptors (Lipinski definition) is 3. The zero-order valence-corrected chi connectivity index (χ0v) is 11.7. The first kappa shape index (κ1) is 17.5. The van der Waals surface area contributed by atoms with Gasteiger partial charge in [-0.1, -0.05) is 31.5 Å². The van der Waals surface area contributed by atoms with E-state index in [1.54, 1.807) is 31.4 Å². The van der Waals surface area contributed by atoms with Crippen molar-refractivity contribution in [1.82, 2.24) is 0 Å². The molecule has 0 aromatic rings. The molecule has 0 bridgehead atoms. The maximum atomic E-state index is 11.5. The molecule has 0 spiro atoms. The number of aryl methyl sites for hydroxylation is 1. The number of fused-ring (bicyclic) bond motifs is 1. The van der Waals surface area contributed by atoms with Gasteiger partial charge in [0.05, 0.1) is 7.11 Å². The Hall–Kier alpha value is -0.590. The Bertz CT molecular complexity index is 667. The quantitative estimate of drug-likeness (QED) is 0.695. The van der Waals surface area contributed by atoms with Gasteiger partial charge in [-0.25, -0.2) is 0 Å². The van der Waals surface area contributed by atoms with E-state index < -0.39 is 10.1 Å². The van der Waals surface area contributed by atoms with Crippen molar-refractivity contribution >= 4 is 39.7 Å². The van der Waals surface area contributed by atoms with Crippen LogP contribution in [-0.4, -0.2) is 49.6 Å². The van der Waals surface area contributed by atoms with Crippen LogP contribution in [0.1, 0.15) is 18.9 Å². The van der Waals surface area contributed by atoms with Gasteiger partial charge in [0.15, 0.2) is 0 Å². The van der Waals surface area contributed by atoms with E-state index in [1.807, 2.05) is 6.92 Å². The molecule has 0 fully saturated rings. The third-order valence-electron chi connectivity index (χ3n) is 3.05. The van der Waals surface area contributed by atoms with Crippen LogP contribution in [0.5, 0.6) is 5.75 Å². The van der Waals surface area contributed by atoms with E-state index in [1.165, 1.54) is 6.07 Å². The van der Waals surface area contributed by atoms with Crippen LogP contribution in [0, 0.1) is 0 Å². The summed E-state index contributed by atoms with van der Waals surface area (Å²) in [5, 5.41) is 0. The monoisotopic (exact) mass is 304 g/mol. The van der Waals surface area contributed by atoms with Crippen molar-refractivity contribution in [3.63, 3.8) is 0 Å². The zero-order valence-electron chi connectivity index (χ0n) is 10.9. The summed E-state index contributed by atoms with van der Waals surface area (Å²) in [6.07, 6.45) is 1.61. The molecule has 4 nitrogen and oxygen atoms in total. The van der Waals surface area contributed by atoms with Gasteiger partial charge in [-0.2, -0.15) is 8.42 Å². The molecule has 0 radical (unpaired) electrons. The molecule has 6 heteroatoms. The molecule has 0 amide bonds. The van der Waals surface area contributed by atoms with Crippen molar-refractivity contribution in [3.8, 4) is 16.9 Å². The van der Waals surface area contributed by atoms with E-state index in [9.17, 15) is 13.0 Å². The van der Waals surface area contributed by atoms with Crippen LogP contribution in [0.3, 0.4) is 0 Å². The normalized spacial score (nSPS) is 11.2. The fourth-order valence-electron chi connectivity index (χ4n) is 2.29. The van der Waals surface area contributed by atoms with Gasteiger partial charge in [-0.3, -0.25) is 4.55 Å². The summed E-state index contributed by atoms with van der Waals surface area (Å²) in [6, 6.07) is 8.51. The van der Waals surface area contributed by atoms with Crippen LogP contribution in [0.4, 0.5) is 0 Å². The summed E-state index contributed by atoms with van der Waals surface area (Å²) in [5.41, 5.74) is 2.12. The van der Waals surface area contributed by atoms with Crippen LogP contribution < -0.4 is 4.74 Å². The Morgan fingerprint density at radius 3 is 2.45 bits per heavy atom. The zero-order chi connectivity index (χ0) is 14.0. The standard InChI is InChI=1S/C14H16O4S.Na.H/c1-3-6-10-9-13(19(15,16)17)11-7-4-5-8-12(18-2)14(10)11;;/h4-5,7-9H,3,6H2,1-2H3,(H,15,16,17);;. The third kappa shape index (κ3) is 3.35. The van der Waals surface area contributed by atoms with Crippen LogP contribution in [0.2, 0.25) is 0 Å². The Morgan fingerprint density at radius 1 is 1.25 bits per heavy atom. The van der Waals surface area contributed by atoms with Crippen molar-refractivity contribution in [2.45, 2.75) is 24.7 Å². The van der Waals surface area contributed by atoms with Gasteiger partial charge >= 0.3 is 29.6 Å². The number of rotatable bonds is 4. The summed E-state index contributed by atoms with van der Waals surface area (Å²) < 4.78 is 37.6. The van der Waals surface area contributed by atoms with Gasteiger partial charge < -0.3 is 4.74 Å². The van der Waals surface area contributed by atoms with Gasteiger partial charge in [-0.05, 0) is 24.1 Å². The van der Waals surface area contributed by atoms with Gasteiger partial charge in [0, 0.05) is 11.1 Å². The minimum absolute atomic E-state index is 0. The molecule has 0 aromatic carbocycles. The molecular formula is C14H17NaO4S. The summed E-state index contributed by atoms with van der Waals surface area (Å²) in [6.45, 7) is 2.02. The molecule has 0 unspecified atom stereocenters. The third-order valence-corrected chi connectivity index (χ3v) is 3.94. The van der Waals surface area contributed by atoms with Gasteiger partial charge in [0.2, 0.25) is 0 Å². The van der Waals surface area contributed by atoms with Crippen molar-refractivity contribution in [2.75, 3.05) is 7.11 Å². The van der Waals surface area contributed by atoms with Crippen molar-refractivity contribution < 1.29 is 17.7 Å². The van der Waals surface area contributed by atoms with Gasteiger partial charge in [-0.15, -0.1) is 0 Å². The summed E-state index contributed by atoms with van der Waals surface area (Å²) in [4.78, 5) is -0.0551. The van der Waals surface area contributed by atoms with E-state index in [4.69, 9.17) is 4.74 Å². The molecular weight excluding hydrogens is 287 g/mol. The number of methoxy groups -OCH3 is 1. The van der Waals surface area contributed by atoms with Crippen LogP contribution in [0.25, 0.3) is 11.1 Å². The van der Waals surface area contributed by atoms with Gasteiger partial charge in [0.25, 0.3) is 10.1 Å². The van der Waals surface area contributed by atoms with E-state index in [0.29, 0.717) is 11.3 Å². The predicted octanol–water partition coefficient (Wildman–Crippen LogP) is 2.35. The van der Waals surface area contributed by atoms with Crippen LogP contribution in [-0.2, 0) is 16.5 Å². The van der Waals surface area contributed by atoms with Crippen molar-refractivity contribution in [1.29, 1.82) is 0 Å². The molecule has 0 heterocycles. The molecule has 0 saturated heterocycles. The van der Waals surface area contributed by atoms with Crippen LogP contribution in [0.15, 0.2) is 35.2 Å². The fraction of sp³-hybridized carbons (Fsp3) is 0.286. The Labute approximate surface area is 141 Å². The molecule has 2 rings (SSSR count). The minimum atomic E-state index is -4.24. The fourth-order valence-corrected chi connectivity index (χ4v) is 3.03. The molecule has 0 saturated carbocycles. The summed E-state index contributed by atoms with van der Waals surface area (Å²) >= 11 is 0. The summed E-state index contributed by atoms with van der Waals surface area (Å²) in [7, 11) is -2.69. The second-order valence-electron chi connectivity index (χ2n) is 4.33. The van der Waals surface area contributed by atoms with Crippen molar-refractivity contribution in [2.24, 2.45) is 0 Å². The molecule has 2 aliphatic rings. The molecule has 104 valence electrons. The first-order valence-corrected chi connectivity index (χ1v) is 7.49.